The molecule has 0 aromatic heterocycles. The van der Waals surface area contributed by atoms with Crippen molar-refractivity contribution in [1.29, 1.82) is 0 Å². The lowest BCUT2D eigenvalue weighted by molar-refractivity contribution is -0.136. The number of hydrogen-bond acceptors (Lipinski definition) is 3. The molecule has 0 radical (unpaired) electrons. The van der Waals surface area contributed by atoms with Crippen LogP contribution in [0.3, 0.4) is 0 Å². The molecule has 1 aliphatic carbocycles. The molecule has 3 rings (SSSR count). The Balaban J connectivity index is 1.96. The van der Waals surface area contributed by atoms with Crippen LogP contribution in [0.15, 0.2) is 24.3 Å². The highest BCUT2D eigenvalue weighted by Crippen LogP contribution is 2.49. The number of carbonyl (C=O) groups excluding carboxylic acids is 1. The van der Waals surface area contributed by atoms with Gasteiger partial charge >= 0.3 is 0 Å². The summed E-state index contributed by atoms with van der Waals surface area (Å²) in [4.78, 5) is 13.4. The van der Waals surface area contributed by atoms with Crippen molar-refractivity contribution in [3.8, 4) is 0 Å². The Morgan fingerprint density at radius 3 is 2.73 bits per heavy atom. The maximum Gasteiger partial charge on any atom is 0.231 e. The predicted octanol–water partition coefficient (Wildman–Crippen LogP) is 1.98. The molecular weight excluding hydrogens is 283 g/mol. The van der Waals surface area contributed by atoms with Crippen molar-refractivity contribution in [3.05, 3.63) is 35.6 Å². The van der Waals surface area contributed by atoms with Gasteiger partial charge in [-0.2, -0.15) is 0 Å². The Kier molecular flexibility index (Phi) is 4.19. The first kappa shape index (κ1) is 15.4. The Morgan fingerprint density at radius 2 is 2.05 bits per heavy atom. The lowest BCUT2D eigenvalue weighted by Crippen LogP contribution is -2.56. The van der Waals surface area contributed by atoms with E-state index in [1.165, 1.54) is 12.1 Å². The maximum atomic E-state index is 13.2. The van der Waals surface area contributed by atoms with Crippen LogP contribution in [-0.2, 0) is 4.79 Å². The van der Waals surface area contributed by atoms with Gasteiger partial charge in [0, 0.05) is 18.5 Å². The molecular formula is C17H23FN2O2. The molecule has 2 aliphatic rings. The molecule has 1 aromatic carbocycles. The first-order valence-corrected chi connectivity index (χ1v) is 8.00. The zero-order chi connectivity index (χ0) is 15.7. The van der Waals surface area contributed by atoms with Crippen LogP contribution < -0.4 is 5.73 Å². The number of benzene rings is 1. The maximum absolute atomic E-state index is 13.2. The molecule has 1 saturated heterocycles. The molecule has 0 spiro atoms. The van der Waals surface area contributed by atoms with E-state index in [0.717, 1.165) is 31.2 Å². The van der Waals surface area contributed by atoms with Crippen molar-refractivity contribution >= 4 is 5.91 Å². The SMILES string of the molecule is NC(=O)CN1CC[C@]2(O)CCCC[C@@H]2[C@H]1c1ccc(F)cc1. The van der Waals surface area contributed by atoms with Crippen LogP contribution in [0.4, 0.5) is 4.39 Å². The fraction of sp³-hybridized carbons (Fsp3) is 0.588. The molecule has 4 nitrogen and oxygen atoms in total. The number of hydrogen-bond donors (Lipinski definition) is 2. The van der Waals surface area contributed by atoms with Crippen LogP contribution in [0.2, 0.25) is 0 Å². The van der Waals surface area contributed by atoms with E-state index in [4.69, 9.17) is 5.73 Å². The smallest absolute Gasteiger partial charge is 0.231 e. The summed E-state index contributed by atoms with van der Waals surface area (Å²) in [5.74, 6) is -0.576. The van der Waals surface area contributed by atoms with E-state index in [9.17, 15) is 14.3 Å². The molecule has 22 heavy (non-hydrogen) atoms. The Morgan fingerprint density at radius 1 is 1.32 bits per heavy atom. The van der Waals surface area contributed by atoms with Crippen LogP contribution >= 0.6 is 0 Å². The number of carbonyl (C=O) groups is 1. The standard InChI is InChI=1S/C17H23FN2O2/c18-13-6-4-12(5-7-13)16-14-3-1-2-8-17(14,22)9-10-20(16)11-15(19)21/h4-7,14,16,22H,1-3,8-11H2,(H2,19,21)/t14-,16-,17-/m1/s1. The van der Waals surface area contributed by atoms with Crippen LogP contribution in [0, 0.1) is 11.7 Å². The molecule has 0 unspecified atom stereocenters. The molecule has 5 heteroatoms. The van der Waals surface area contributed by atoms with E-state index < -0.39 is 5.60 Å². The number of aliphatic hydroxyl groups is 1. The summed E-state index contributed by atoms with van der Waals surface area (Å²) in [6, 6.07) is 6.32. The number of fused-ring (bicyclic) bond motifs is 1. The molecule has 1 aliphatic heterocycles. The second kappa shape index (κ2) is 5.97. The van der Waals surface area contributed by atoms with E-state index in [-0.39, 0.29) is 30.2 Å². The molecule has 120 valence electrons. The van der Waals surface area contributed by atoms with Crippen molar-refractivity contribution in [2.75, 3.05) is 13.1 Å². The highest BCUT2D eigenvalue weighted by molar-refractivity contribution is 5.76. The number of piperidine rings is 1. The van der Waals surface area contributed by atoms with Gasteiger partial charge in [0.2, 0.25) is 5.91 Å². The first-order chi connectivity index (χ1) is 10.5. The number of likely N-dealkylation sites (tertiary alicyclic amines) is 1. The molecule has 1 saturated carbocycles. The van der Waals surface area contributed by atoms with Gasteiger partial charge in [0.25, 0.3) is 0 Å². The predicted molar refractivity (Wildman–Crippen MR) is 81.4 cm³/mol. The molecule has 0 bridgehead atoms. The van der Waals surface area contributed by atoms with Gasteiger partial charge in [0.1, 0.15) is 5.82 Å². The lowest BCUT2D eigenvalue weighted by Gasteiger charge is -2.52. The first-order valence-electron chi connectivity index (χ1n) is 8.00. The van der Waals surface area contributed by atoms with E-state index in [1.54, 1.807) is 12.1 Å². The van der Waals surface area contributed by atoms with Crippen LogP contribution in [0.5, 0.6) is 0 Å². The van der Waals surface area contributed by atoms with Gasteiger partial charge in [-0.05, 0) is 37.0 Å². The van der Waals surface area contributed by atoms with Crippen molar-refractivity contribution in [1.82, 2.24) is 4.90 Å². The van der Waals surface area contributed by atoms with E-state index >= 15 is 0 Å². The van der Waals surface area contributed by atoms with Crippen molar-refractivity contribution < 1.29 is 14.3 Å². The van der Waals surface area contributed by atoms with Gasteiger partial charge < -0.3 is 10.8 Å². The second-order valence-corrected chi connectivity index (χ2v) is 6.64. The Labute approximate surface area is 130 Å². The van der Waals surface area contributed by atoms with Gasteiger partial charge in [0.05, 0.1) is 12.1 Å². The molecule has 3 atom stereocenters. The summed E-state index contributed by atoms with van der Waals surface area (Å²) < 4.78 is 13.2. The Hall–Kier alpha value is -1.46. The van der Waals surface area contributed by atoms with E-state index in [0.29, 0.717) is 13.0 Å². The van der Waals surface area contributed by atoms with E-state index in [1.807, 2.05) is 4.90 Å². The third-order valence-electron chi connectivity index (χ3n) is 5.24. The molecule has 1 heterocycles. The molecule has 2 fully saturated rings. The number of nitrogens with two attached hydrogens (primary N) is 1. The van der Waals surface area contributed by atoms with Crippen LogP contribution in [-0.4, -0.2) is 34.6 Å². The molecule has 1 amide bonds. The zero-order valence-corrected chi connectivity index (χ0v) is 12.7. The summed E-state index contributed by atoms with van der Waals surface area (Å²) in [6.07, 6.45) is 4.52. The summed E-state index contributed by atoms with van der Waals surface area (Å²) >= 11 is 0. The van der Waals surface area contributed by atoms with Crippen molar-refractivity contribution in [2.24, 2.45) is 11.7 Å². The quantitative estimate of drug-likeness (QED) is 0.897. The lowest BCUT2D eigenvalue weighted by atomic mass is 9.66. The Bertz CT molecular complexity index is 548. The van der Waals surface area contributed by atoms with Crippen molar-refractivity contribution in [2.45, 2.75) is 43.7 Å². The fourth-order valence-electron chi connectivity index (χ4n) is 4.22. The van der Waals surface area contributed by atoms with Gasteiger partial charge in [-0.25, -0.2) is 4.39 Å². The summed E-state index contributed by atoms with van der Waals surface area (Å²) in [5, 5.41) is 11.0. The summed E-state index contributed by atoms with van der Waals surface area (Å²) in [6.45, 7) is 0.812. The van der Waals surface area contributed by atoms with Gasteiger partial charge in [-0.3, -0.25) is 9.69 Å². The minimum absolute atomic E-state index is 0.0693. The molecule has 3 N–H and O–H groups in total. The normalized spacial score (nSPS) is 32.5. The summed E-state index contributed by atoms with van der Waals surface area (Å²) in [7, 11) is 0. The molecule has 1 aromatic rings. The van der Waals surface area contributed by atoms with Gasteiger partial charge in [-0.1, -0.05) is 25.0 Å². The number of halogens is 1. The highest BCUT2D eigenvalue weighted by Gasteiger charge is 2.48. The summed E-state index contributed by atoms with van der Waals surface area (Å²) in [5.41, 5.74) is 5.66. The van der Waals surface area contributed by atoms with Crippen molar-refractivity contribution in [3.63, 3.8) is 0 Å². The zero-order valence-electron chi connectivity index (χ0n) is 12.7. The fourth-order valence-corrected chi connectivity index (χ4v) is 4.22. The third kappa shape index (κ3) is 2.88. The second-order valence-electron chi connectivity index (χ2n) is 6.64. The largest absolute Gasteiger partial charge is 0.389 e. The topological polar surface area (TPSA) is 66.6 Å². The van der Waals surface area contributed by atoms with Gasteiger partial charge in [0.15, 0.2) is 0 Å². The van der Waals surface area contributed by atoms with E-state index in [2.05, 4.69) is 0 Å². The monoisotopic (exact) mass is 306 g/mol. The van der Waals surface area contributed by atoms with Crippen LogP contribution in [0.25, 0.3) is 0 Å². The number of amides is 1. The van der Waals surface area contributed by atoms with Gasteiger partial charge in [-0.15, -0.1) is 0 Å². The minimum atomic E-state index is -0.675. The number of nitrogens with zero attached hydrogens (tertiary/aromatic N) is 1. The number of primary amides is 1. The average Bonchev–Trinajstić information content (AvgIpc) is 2.48. The third-order valence-corrected chi connectivity index (χ3v) is 5.24. The van der Waals surface area contributed by atoms with Crippen LogP contribution in [0.1, 0.15) is 43.7 Å². The number of rotatable bonds is 3. The minimum Gasteiger partial charge on any atom is -0.389 e. The average molecular weight is 306 g/mol. The highest BCUT2D eigenvalue weighted by atomic mass is 19.1.